The second-order valence-electron chi connectivity index (χ2n) is 9.61. The molecule has 1 aliphatic heterocycles. The second-order valence-corrected chi connectivity index (χ2v) is 12.0. The standard InChI is InChI=1S/C27H28ClF3N4O6S/c1-40-21-12-18(19(28)13-22(21)41-2)16-35-15-17(6-7-24(35)36)20-14-23(27(29,30)31)33-26(32-20)42(38,39)11-8-25(37)34-9-4-3-5-10-34/h6-7,12-15H,3-5,8-11,16H2,1-2H3. The molecule has 3 heterocycles. The first kappa shape index (κ1) is 31.3. The number of halogens is 4. The van der Waals surface area contributed by atoms with E-state index in [9.17, 15) is 31.2 Å². The molecule has 1 fully saturated rings. The number of hydrogen-bond donors (Lipinski definition) is 0. The Labute approximate surface area is 245 Å². The molecule has 0 spiro atoms. The van der Waals surface area contributed by atoms with E-state index >= 15 is 0 Å². The van der Waals surface area contributed by atoms with Crippen molar-refractivity contribution in [3.63, 3.8) is 0 Å². The number of carbonyl (C=O) groups is 1. The highest BCUT2D eigenvalue weighted by Gasteiger charge is 2.36. The lowest BCUT2D eigenvalue weighted by molar-refractivity contribution is -0.141. The number of methoxy groups -OCH3 is 2. The van der Waals surface area contributed by atoms with Gasteiger partial charge in [-0.2, -0.15) is 13.2 Å². The molecule has 0 atom stereocenters. The third kappa shape index (κ3) is 7.21. The van der Waals surface area contributed by atoms with E-state index in [1.54, 1.807) is 11.0 Å². The summed E-state index contributed by atoms with van der Waals surface area (Å²) < 4.78 is 79.1. The first-order valence-corrected chi connectivity index (χ1v) is 14.9. The highest BCUT2D eigenvalue weighted by molar-refractivity contribution is 7.91. The smallest absolute Gasteiger partial charge is 0.433 e. The van der Waals surface area contributed by atoms with Gasteiger partial charge in [-0.05, 0) is 43.0 Å². The van der Waals surface area contributed by atoms with Crippen LogP contribution in [0.15, 0.2) is 46.5 Å². The monoisotopic (exact) mass is 628 g/mol. The van der Waals surface area contributed by atoms with Crippen molar-refractivity contribution < 1.29 is 35.9 Å². The Balaban J connectivity index is 1.68. The number of piperidine rings is 1. The molecule has 3 aromatic rings. The molecule has 2 aromatic heterocycles. The lowest BCUT2D eigenvalue weighted by Crippen LogP contribution is -2.36. The lowest BCUT2D eigenvalue weighted by atomic mass is 10.1. The van der Waals surface area contributed by atoms with Gasteiger partial charge in [0.25, 0.3) is 5.56 Å². The SMILES string of the molecule is COc1cc(Cl)c(Cn2cc(-c3cc(C(F)(F)F)nc(S(=O)(=O)CCC(=O)N4CCCCC4)n3)ccc2=O)cc1OC. The third-order valence-electron chi connectivity index (χ3n) is 6.74. The number of ether oxygens (including phenoxy) is 2. The van der Waals surface area contributed by atoms with Crippen LogP contribution in [-0.4, -0.2) is 66.8 Å². The van der Waals surface area contributed by atoms with E-state index in [-0.39, 0.29) is 22.8 Å². The van der Waals surface area contributed by atoms with E-state index in [0.717, 1.165) is 25.3 Å². The number of rotatable bonds is 9. The van der Waals surface area contributed by atoms with Crippen LogP contribution in [0.3, 0.4) is 0 Å². The Kier molecular flexibility index (Phi) is 9.46. The highest BCUT2D eigenvalue weighted by atomic mass is 35.5. The predicted molar refractivity (Wildman–Crippen MR) is 147 cm³/mol. The van der Waals surface area contributed by atoms with E-state index in [1.165, 1.54) is 37.1 Å². The third-order valence-corrected chi connectivity index (χ3v) is 8.57. The Bertz CT molecular complexity index is 1640. The topological polar surface area (TPSA) is 121 Å². The molecule has 0 radical (unpaired) electrons. The Morgan fingerprint density at radius 1 is 1.02 bits per heavy atom. The molecule has 42 heavy (non-hydrogen) atoms. The number of hydrogen-bond acceptors (Lipinski definition) is 8. The molecular weight excluding hydrogens is 601 g/mol. The summed E-state index contributed by atoms with van der Waals surface area (Å²) in [5.74, 6) is -0.438. The Morgan fingerprint density at radius 3 is 2.33 bits per heavy atom. The van der Waals surface area contributed by atoms with Gasteiger partial charge in [-0.15, -0.1) is 0 Å². The zero-order valence-corrected chi connectivity index (χ0v) is 24.4. The predicted octanol–water partition coefficient (Wildman–Crippen LogP) is 4.22. The number of likely N-dealkylation sites (tertiary alicyclic amines) is 1. The zero-order valence-electron chi connectivity index (χ0n) is 22.8. The van der Waals surface area contributed by atoms with E-state index in [1.807, 2.05) is 0 Å². The molecule has 1 amide bonds. The summed E-state index contributed by atoms with van der Waals surface area (Å²) in [7, 11) is -1.62. The largest absolute Gasteiger partial charge is 0.493 e. The van der Waals surface area contributed by atoms with E-state index in [0.29, 0.717) is 36.2 Å². The summed E-state index contributed by atoms with van der Waals surface area (Å²) >= 11 is 6.35. The number of alkyl halides is 3. The van der Waals surface area contributed by atoms with Crippen molar-refractivity contribution in [2.45, 2.75) is 43.6 Å². The van der Waals surface area contributed by atoms with Gasteiger partial charge in [0.1, 0.15) is 5.69 Å². The molecule has 0 unspecified atom stereocenters. The number of pyridine rings is 1. The van der Waals surface area contributed by atoms with Crippen LogP contribution >= 0.6 is 11.6 Å². The molecule has 0 saturated carbocycles. The number of nitrogens with zero attached hydrogens (tertiary/aromatic N) is 4. The summed E-state index contributed by atoms with van der Waals surface area (Å²) in [5, 5.41) is -0.807. The minimum atomic E-state index is -4.99. The molecule has 1 aliphatic rings. The average Bonchev–Trinajstić information content (AvgIpc) is 2.97. The van der Waals surface area contributed by atoms with Crippen LogP contribution in [0.5, 0.6) is 11.5 Å². The Morgan fingerprint density at radius 2 is 1.69 bits per heavy atom. The minimum Gasteiger partial charge on any atom is -0.493 e. The maximum Gasteiger partial charge on any atom is 0.433 e. The van der Waals surface area contributed by atoms with Crippen molar-refractivity contribution in [3.8, 4) is 22.8 Å². The van der Waals surface area contributed by atoms with Gasteiger partial charge in [0.15, 0.2) is 11.5 Å². The lowest BCUT2D eigenvalue weighted by Gasteiger charge is -2.26. The van der Waals surface area contributed by atoms with Crippen molar-refractivity contribution >= 4 is 27.3 Å². The van der Waals surface area contributed by atoms with Crippen LogP contribution in [-0.2, 0) is 27.4 Å². The molecule has 10 nitrogen and oxygen atoms in total. The maximum atomic E-state index is 13.8. The highest BCUT2D eigenvalue weighted by Crippen LogP contribution is 2.34. The number of sulfone groups is 1. The molecule has 4 rings (SSSR count). The quantitative estimate of drug-likeness (QED) is 0.323. The summed E-state index contributed by atoms with van der Waals surface area (Å²) in [5.41, 5.74) is -1.87. The van der Waals surface area contributed by atoms with Crippen LogP contribution in [0, 0.1) is 0 Å². The van der Waals surface area contributed by atoms with Gasteiger partial charge in [0.2, 0.25) is 20.9 Å². The van der Waals surface area contributed by atoms with Crippen LogP contribution in [0.25, 0.3) is 11.3 Å². The minimum absolute atomic E-state index is 0.0277. The van der Waals surface area contributed by atoms with Gasteiger partial charge in [0, 0.05) is 48.4 Å². The van der Waals surface area contributed by atoms with Gasteiger partial charge in [0.05, 0.1) is 32.2 Å². The van der Waals surface area contributed by atoms with Crippen LogP contribution in [0.1, 0.15) is 36.9 Å². The maximum absolute atomic E-state index is 13.8. The van der Waals surface area contributed by atoms with Crippen LogP contribution in [0.2, 0.25) is 5.02 Å². The van der Waals surface area contributed by atoms with Gasteiger partial charge < -0.3 is 18.9 Å². The normalized spacial score (nSPS) is 14.1. The molecule has 1 aromatic carbocycles. The number of carbonyl (C=O) groups excluding carboxylic acids is 1. The second kappa shape index (κ2) is 12.7. The molecule has 0 N–H and O–H groups in total. The number of benzene rings is 1. The molecule has 15 heteroatoms. The molecule has 0 aliphatic carbocycles. The van der Waals surface area contributed by atoms with E-state index in [2.05, 4.69) is 9.97 Å². The van der Waals surface area contributed by atoms with Crippen molar-refractivity contribution in [3.05, 3.63) is 63.2 Å². The summed E-state index contributed by atoms with van der Waals surface area (Å²) in [6.45, 7) is 0.924. The fourth-order valence-electron chi connectivity index (χ4n) is 4.48. The van der Waals surface area contributed by atoms with Crippen molar-refractivity contribution in [2.75, 3.05) is 33.1 Å². The van der Waals surface area contributed by atoms with Crippen molar-refractivity contribution in [1.29, 1.82) is 0 Å². The van der Waals surface area contributed by atoms with Crippen LogP contribution < -0.4 is 15.0 Å². The average molecular weight is 629 g/mol. The van der Waals surface area contributed by atoms with E-state index in [4.69, 9.17) is 21.1 Å². The molecule has 1 saturated heterocycles. The van der Waals surface area contributed by atoms with Crippen molar-refractivity contribution in [2.24, 2.45) is 0 Å². The summed E-state index contributed by atoms with van der Waals surface area (Å²) in [6, 6.07) is 6.00. The fraction of sp³-hybridized carbons (Fsp3) is 0.407. The van der Waals surface area contributed by atoms with Crippen molar-refractivity contribution in [1.82, 2.24) is 19.4 Å². The van der Waals surface area contributed by atoms with Crippen LogP contribution in [0.4, 0.5) is 13.2 Å². The fourth-order valence-corrected chi connectivity index (χ4v) is 5.79. The van der Waals surface area contributed by atoms with Gasteiger partial charge in [-0.3, -0.25) is 9.59 Å². The molecule has 0 bridgehead atoms. The Hall–Kier alpha value is -3.65. The zero-order chi connectivity index (χ0) is 30.7. The number of aromatic nitrogens is 3. The molecule has 226 valence electrons. The molecular formula is C27H28ClF3N4O6S. The summed E-state index contributed by atoms with van der Waals surface area (Å²) in [6.07, 6.45) is -1.58. The van der Waals surface area contributed by atoms with E-state index < -0.39 is 50.5 Å². The van der Waals surface area contributed by atoms with Gasteiger partial charge in [-0.25, -0.2) is 18.4 Å². The summed E-state index contributed by atoms with van der Waals surface area (Å²) in [4.78, 5) is 33.9. The van der Waals surface area contributed by atoms with Gasteiger partial charge in [-0.1, -0.05) is 11.6 Å². The first-order valence-electron chi connectivity index (χ1n) is 12.9. The van der Waals surface area contributed by atoms with Gasteiger partial charge >= 0.3 is 6.18 Å². The first-order chi connectivity index (χ1) is 19.8. The number of amides is 1.